The maximum absolute atomic E-state index is 13.0. The largest absolute Gasteiger partial charge is 0.496 e. The van der Waals surface area contributed by atoms with Gasteiger partial charge in [0.1, 0.15) is 17.3 Å². The monoisotopic (exact) mass is 519 g/mol. The number of rotatable bonds is 7. The van der Waals surface area contributed by atoms with Gasteiger partial charge in [0.2, 0.25) is 5.91 Å². The number of aromatic nitrogens is 2. The molecule has 5 rings (SSSR count). The molecule has 0 spiro atoms. The first-order valence-electron chi connectivity index (χ1n) is 14.1. The fourth-order valence-corrected chi connectivity index (χ4v) is 6.34. The number of anilines is 2. The topological polar surface area (TPSA) is 78.9 Å². The number of likely N-dealkylation sites (tertiary alicyclic amines) is 1. The summed E-state index contributed by atoms with van der Waals surface area (Å²) < 4.78 is 5.72. The van der Waals surface area contributed by atoms with Crippen molar-refractivity contribution < 1.29 is 14.3 Å². The second-order valence-electron chi connectivity index (χ2n) is 11.4. The summed E-state index contributed by atoms with van der Waals surface area (Å²) in [6, 6.07) is 6.24. The smallest absolute Gasteiger partial charge is 0.228 e. The molecule has 3 heterocycles. The molecule has 1 unspecified atom stereocenters. The van der Waals surface area contributed by atoms with Crippen LogP contribution < -0.4 is 14.5 Å². The second-order valence-corrected chi connectivity index (χ2v) is 11.4. The van der Waals surface area contributed by atoms with E-state index < -0.39 is 0 Å². The number of piperidine rings is 1. The van der Waals surface area contributed by atoms with Crippen LogP contribution in [0, 0.1) is 5.92 Å². The number of carbonyl (C=O) groups is 2. The van der Waals surface area contributed by atoms with Crippen molar-refractivity contribution in [3.63, 3.8) is 0 Å². The highest BCUT2D eigenvalue weighted by Gasteiger charge is 2.35. The van der Waals surface area contributed by atoms with Crippen LogP contribution in [0.25, 0.3) is 0 Å². The quantitative estimate of drug-likeness (QED) is 0.499. The molecule has 0 radical (unpaired) electrons. The average Bonchev–Trinajstić information content (AvgIpc) is 3.41. The van der Waals surface area contributed by atoms with Crippen LogP contribution in [0.15, 0.2) is 24.4 Å². The Labute approximate surface area is 226 Å². The lowest BCUT2D eigenvalue weighted by Gasteiger charge is -2.34. The first kappa shape index (κ1) is 26.6. The number of ketones is 1. The molecule has 8 nitrogen and oxygen atoms in total. The van der Waals surface area contributed by atoms with Crippen LogP contribution >= 0.6 is 0 Å². The number of carbonyl (C=O) groups excluding carboxylic acids is 2. The molecule has 1 amide bonds. The lowest BCUT2D eigenvalue weighted by molar-refractivity contribution is -0.118. The summed E-state index contributed by atoms with van der Waals surface area (Å²) in [4.78, 5) is 42.0. The Morgan fingerprint density at radius 2 is 1.84 bits per heavy atom. The van der Waals surface area contributed by atoms with Gasteiger partial charge in [-0.3, -0.25) is 9.59 Å². The van der Waals surface area contributed by atoms with E-state index in [1.54, 1.807) is 18.2 Å². The number of benzene rings is 1. The highest BCUT2D eigenvalue weighted by molar-refractivity contribution is 5.98. The third kappa shape index (κ3) is 5.55. The first-order valence-corrected chi connectivity index (χ1v) is 14.1. The summed E-state index contributed by atoms with van der Waals surface area (Å²) >= 11 is 0. The van der Waals surface area contributed by atoms with Gasteiger partial charge in [-0.05, 0) is 64.7 Å². The van der Waals surface area contributed by atoms with Crippen LogP contribution in [-0.4, -0.2) is 72.9 Å². The van der Waals surface area contributed by atoms with Crippen LogP contribution in [0.2, 0.25) is 0 Å². The van der Waals surface area contributed by atoms with E-state index in [4.69, 9.17) is 9.72 Å². The van der Waals surface area contributed by atoms with E-state index >= 15 is 0 Å². The molecule has 38 heavy (non-hydrogen) atoms. The van der Waals surface area contributed by atoms with Crippen LogP contribution in [0.3, 0.4) is 0 Å². The number of hydrogen-bond acceptors (Lipinski definition) is 7. The van der Waals surface area contributed by atoms with Gasteiger partial charge < -0.3 is 19.4 Å². The van der Waals surface area contributed by atoms with Crippen molar-refractivity contribution >= 4 is 23.2 Å². The van der Waals surface area contributed by atoms with E-state index in [9.17, 15) is 9.59 Å². The number of amides is 1. The van der Waals surface area contributed by atoms with Crippen molar-refractivity contribution in [2.45, 2.75) is 76.8 Å². The SMILES string of the molecule is COc1cc(C(=O)CC2CCN(C)CC2)ccc1Cc1ncc2c(n1)N(C1CCCC1)C(C)CC(=O)N2C. The van der Waals surface area contributed by atoms with Crippen molar-refractivity contribution in [2.75, 3.05) is 44.1 Å². The Morgan fingerprint density at radius 1 is 1.11 bits per heavy atom. The van der Waals surface area contributed by atoms with Gasteiger partial charge in [0.15, 0.2) is 11.6 Å². The molecule has 3 aliphatic rings. The zero-order valence-electron chi connectivity index (χ0n) is 23.3. The molecule has 1 saturated carbocycles. The van der Waals surface area contributed by atoms with Crippen LogP contribution in [0.1, 0.15) is 80.0 Å². The van der Waals surface area contributed by atoms with E-state index in [0.717, 1.165) is 55.8 Å². The molecule has 2 fully saturated rings. The van der Waals surface area contributed by atoms with Crippen molar-refractivity contribution in [2.24, 2.45) is 5.92 Å². The minimum absolute atomic E-state index is 0.0847. The zero-order valence-corrected chi connectivity index (χ0v) is 23.3. The molecule has 204 valence electrons. The number of hydrogen-bond donors (Lipinski definition) is 0. The van der Waals surface area contributed by atoms with Gasteiger partial charge in [-0.25, -0.2) is 9.97 Å². The van der Waals surface area contributed by atoms with Crippen LogP contribution in [0.5, 0.6) is 5.75 Å². The van der Waals surface area contributed by atoms with Crippen molar-refractivity contribution in [1.29, 1.82) is 0 Å². The number of nitrogens with zero attached hydrogens (tertiary/aromatic N) is 5. The van der Waals surface area contributed by atoms with E-state index in [1.165, 1.54) is 12.8 Å². The molecule has 1 atom stereocenters. The average molecular weight is 520 g/mol. The molecule has 1 aliphatic carbocycles. The van der Waals surface area contributed by atoms with E-state index in [1.807, 2.05) is 25.2 Å². The second kappa shape index (κ2) is 11.4. The normalized spacial score (nSPS) is 21.5. The standard InChI is InChI=1S/C30H41N5O3/c1-20-15-29(37)34(3)25-19-31-28(32-30(25)35(20)24-7-5-6-8-24)18-23-10-9-22(17-27(23)38-4)26(36)16-21-11-13-33(2)14-12-21/h9-10,17,19-21,24H,5-8,11-16,18H2,1-4H3. The fourth-order valence-electron chi connectivity index (χ4n) is 6.34. The minimum Gasteiger partial charge on any atom is -0.496 e. The van der Waals surface area contributed by atoms with Gasteiger partial charge in [0.25, 0.3) is 0 Å². The summed E-state index contributed by atoms with van der Waals surface area (Å²) in [5.74, 6) is 2.95. The molecule has 0 N–H and O–H groups in total. The maximum atomic E-state index is 13.0. The van der Waals surface area contributed by atoms with Gasteiger partial charge >= 0.3 is 0 Å². The predicted octanol–water partition coefficient (Wildman–Crippen LogP) is 4.49. The Hall–Kier alpha value is -3.00. The highest BCUT2D eigenvalue weighted by atomic mass is 16.5. The molecular formula is C30H41N5O3. The Kier molecular flexibility index (Phi) is 7.98. The molecule has 0 bridgehead atoms. The lowest BCUT2D eigenvalue weighted by Crippen LogP contribution is -2.41. The minimum atomic E-state index is 0.0847. The summed E-state index contributed by atoms with van der Waals surface area (Å²) in [5, 5.41) is 0. The third-order valence-electron chi connectivity index (χ3n) is 8.71. The van der Waals surface area contributed by atoms with Crippen LogP contribution in [-0.2, 0) is 11.2 Å². The van der Waals surface area contributed by atoms with Gasteiger partial charge in [-0.2, -0.15) is 0 Å². The molecular weight excluding hydrogens is 478 g/mol. The Balaban J connectivity index is 1.38. The van der Waals surface area contributed by atoms with Gasteiger partial charge in [-0.15, -0.1) is 0 Å². The third-order valence-corrected chi connectivity index (χ3v) is 8.71. The zero-order chi connectivity index (χ0) is 26.8. The summed E-state index contributed by atoms with van der Waals surface area (Å²) in [6.07, 6.45) is 10.2. The first-order chi connectivity index (χ1) is 18.3. The molecule has 1 aromatic carbocycles. The van der Waals surface area contributed by atoms with Crippen molar-refractivity contribution in [3.05, 3.63) is 41.3 Å². The van der Waals surface area contributed by atoms with Crippen molar-refractivity contribution in [1.82, 2.24) is 14.9 Å². The van der Waals surface area contributed by atoms with Crippen LogP contribution in [0.4, 0.5) is 11.5 Å². The van der Waals surface area contributed by atoms with E-state index in [0.29, 0.717) is 48.4 Å². The fraction of sp³-hybridized carbons (Fsp3) is 0.600. The highest BCUT2D eigenvalue weighted by Crippen LogP contribution is 2.38. The van der Waals surface area contributed by atoms with Gasteiger partial charge in [-0.1, -0.05) is 25.0 Å². The molecule has 1 saturated heterocycles. The summed E-state index contributed by atoms with van der Waals surface area (Å²) in [6.45, 7) is 4.25. The lowest BCUT2D eigenvalue weighted by atomic mass is 9.89. The molecule has 8 heteroatoms. The van der Waals surface area contributed by atoms with Crippen molar-refractivity contribution in [3.8, 4) is 5.75 Å². The van der Waals surface area contributed by atoms with E-state index in [-0.39, 0.29) is 17.7 Å². The predicted molar refractivity (Wildman–Crippen MR) is 149 cm³/mol. The van der Waals surface area contributed by atoms with E-state index in [2.05, 4.69) is 28.8 Å². The molecule has 1 aromatic heterocycles. The maximum Gasteiger partial charge on any atom is 0.228 e. The summed E-state index contributed by atoms with van der Waals surface area (Å²) in [7, 11) is 5.60. The molecule has 2 aromatic rings. The molecule has 2 aliphatic heterocycles. The summed E-state index contributed by atoms with van der Waals surface area (Å²) in [5.41, 5.74) is 2.42. The Morgan fingerprint density at radius 3 is 2.55 bits per heavy atom. The number of ether oxygens (including phenoxy) is 1. The Bertz CT molecular complexity index is 1170. The number of fused-ring (bicyclic) bond motifs is 1. The van der Waals surface area contributed by atoms with Gasteiger partial charge in [0, 0.05) is 49.5 Å². The number of methoxy groups -OCH3 is 1. The van der Waals surface area contributed by atoms with Gasteiger partial charge in [0.05, 0.1) is 13.3 Å². The number of Topliss-reactive ketones (excluding diaryl/α,β-unsaturated/α-hetero) is 1.